The number of rotatable bonds is 7. The van der Waals surface area contributed by atoms with E-state index in [0.29, 0.717) is 53.9 Å². The van der Waals surface area contributed by atoms with Crippen molar-refractivity contribution in [3.05, 3.63) is 52.5 Å². The van der Waals surface area contributed by atoms with Crippen LogP contribution in [0.3, 0.4) is 0 Å². The number of nitrogens with one attached hydrogen (secondary N) is 1. The topological polar surface area (TPSA) is 83.5 Å². The van der Waals surface area contributed by atoms with E-state index < -0.39 is 6.10 Å². The van der Waals surface area contributed by atoms with Gasteiger partial charge in [0.05, 0.1) is 18.2 Å². The van der Waals surface area contributed by atoms with E-state index >= 15 is 0 Å². The average Bonchev–Trinajstić information content (AvgIpc) is 3.60. The second kappa shape index (κ2) is 16.7. The molecule has 2 aromatic rings. The molecule has 0 bridgehead atoms. The lowest BCUT2D eigenvalue weighted by Gasteiger charge is -2.20. The molecule has 0 aliphatic carbocycles. The Kier molecular flexibility index (Phi) is 13.3. The molecule has 1 amide bonds. The summed E-state index contributed by atoms with van der Waals surface area (Å²) in [6.07, 6.45) is 5.66. The molecule has 2 saturated heterocycles. The van der Waals surface area contributed by atoms with Crippen LogP contribution in [0.15, 0.2) is 36.4 Å². The van der Waals surface area contributed by atoms with Crippen molar-refractivity contribution in [1.29, 1.82) is 0 Å². The zero-order valence-electron chi connectivity index (χ0n) is 24.5. The third-order valence-corrected chi connectivity index (χ3v) is 7.81. The van der Waals surface area contributed by atoms with Crippen molar-refractivity contribution in [2.45, 2.75) is 57.6 Å². The van der Waals surface area contributed by atoms with Crippen LogP contribution in [0, 0.1) is 0 Å². The summed E-state index contributed by atoms with van der Waals surface area (Å²) in [4.78, 5) is 16.8. The largest absolute Gasteiger partial charge is 0.495 e. The smallest absolute Gasteiger partial charge is 0.220 e. The first-order valence-electron chi connectivity index (χ1n) is 14.3. The molecule has 0 radical (unpaired) electrons. The number of halogens is 1. The minimum atomic E-state index is -0.819. The number of hydrogen-bond donors (Lipinski definition) is 2. The molecule has 3 aliphatic heterocycles. The van der Waals surface area contributed by atoms with Gasteiger partial charge < -0.3 is 34.4 Å². The van der Waals surface area contributed by atoms with E-state index in [-0.39, 0.29) is 12.5 Å². The van der Waals surface area contributed by atoms with Crippen molar-refractivity contribution < 1.29 is 24.1 Å². The van der Waals surface area contributed by atoms with E-state index in [2.05, 4.69) is 36.1 Å². The molecule has 8 nitrogen and oxygen atoms in total. The maximum atomic E-state index is 12.1. The van der Waals surface area contributed by atoms with E-state index in [1.165, 1.54) is 45.3 Å². The van der Waals surface area contributed by atoms with Crippen LogP contribution in [0.2, 0.25) is 5.02 Å². The van der Waals surface area contributed by atoms with Crippen LogP contribution in [0.5, 0.6) is 17.2 Å². The molecule has 2 aromatic carbocycles. The highest BCUT2D eigenvalue weighted by atomic mass is 35.5. The molecule has 40 heavy (non-hydrogen) atoms. The minimum Gasteiger partial charge on any atom is -0.495 e. The predicted octanol–water partition coefficient (Wildman–Crippen LogP) is 4.71. The fourth-order valence-corrected chi connectivity index (χ4v) is 5.04. The molecule has 2 fully saturated rings. The fraction of sp³-hybridized carbons (Fsp3) is 0.581. The molecule has 3 aliphatic rings. The Balaban J connectivity index is 0.000000275. The van der Waals surface area contributed by atoms with E-state index in [1.807, 2.05) is 6.07 Å². The first-order chi connectivity index (χ1) is 19.3. The summed E-state index contributed by atoms with van der Waals surface area (Å²) in [5, 5.41) is 13.6. The van der Waals surface area contributed by atoms with Crippen LogP contribution < -0.4 is 19.5 Å². The number of carbonyl (C=O) groups excluding carboxylic acids is 1. The van der Waals surface area contributed by atoms with Gasteiger partial charge in [-0.25, -0.2) is 0 Å². The third kappa shape index (κ3) is 10.5. The number of benzene rings is 2. The molecule has 0 aromatic heterocycles. The van der Waals surface area contributed by atoms with Gasteiger partial charge in [-0.3, -0.25) is 4.79 Å². The highest BCUT2D eigenvalue weighted by molar-refractivity contribution is 6.32. The lowest BCUT2D eigenvalue weighted by atomic mass is 10.1. The standard InChI is InChI=1S/C20H22ClNO5.C6H13N.C5H11N/c1-25-17-5-2-13(10-15(17)21)3-7-20(24)22-12-16(23)14-4-6-18-19(11-14)27-9-8-26-18;1-6-4-3-5-7(6)2;1-6-4-2-3-5-6/h2,4-6,10-11,16,23H,3,7-9,12H2,1H3,(H,22,24);6H,3-5H2,1-2H3;2-5H2,1H3. The summed E-state index contributed by atoms with van der Waals surface area (Å²) < 4.78 is 16.1. The van der Waals surface area contributed by atoms with E-state index in [4.69, 9.17) is 25.8 Å². The lowest BCUT2D eigenvalue weighted by molar-refractivity contribution is -0.121. The van der Waals surface area contributed by atoms with E-state index in [1.54, 1.807) is 37.4 Å². The Morgan fingerprint density at radius 3 is 2.35 bits per heavy atom. The van der Waals surface area contributed by atoms with Crippen LogP contribution in [0.25, 0.3) is 0 Å². The lowest BCUT2D eigenvalue weighted by Crippen LogP contribution is -2.28. The quantitative estimate of drug-likeness (QED) is 0.494. The number of aliphatic hydroxyl groups excluding tert-OH is 1. The number of ether oxygens (including phenoxy) is 3. The van der Waals surface area contributed by atoms with Gasteiger partial charge in [0.25, 0.3) is 0 Å². The van der Waals surface area contributed by atoms with Gasteiger partial charge in [-0.1, -0.05) is 23.7 Å². The van der Waals surface area contributed by atoms with Crippen LogP contribution in [-0.4, -0.2) is 87.5 Å². The van der Waals surface area contributed by atoms with Gasteiger partial charge in [0.1, 0.15) is 19.0 Å². The molecule has 2 N–H and O–H groups in total. The monoisotopic (exact) mass is 575 g/mol. The second-order valence-electron chi connectivity index (χ2n) is 10.7. The Morgan fingerprint density at radius 1 is 1.07 bits per heavy atom. The van der Waals surface area contributed by atoms with Crippen molar-refractivity contribution in [1.82, 2.24) is 15.1 Å². The number of nitrogens with zero attached hydrogens (tertiary/aromatic N) is 2. The Labute approximate surface area is 244 Å². The second-order valence-corrected chi connectivity index (χ2v) is 11.1. The van der Waals surface area contributed by atoms with Gasteiger partial charge in [-0.15, -0.1) is 0 Å². The molecule has 9 heteroatoms. The van der Waals surface area contributed by atoms with E-state index in [0.717, 1.165) is 11.6 Å². The maximum Gasteiger partial charge on any atom is 0.220 e. The summed E-state index contributed by atoms with van der Waals surface area (Å²) in [5.41, 5.74) is 1.62. The molecule has 3 heterocycles. The van der Waals surface area contributed by atoms with E-state index in [9.17, 15) is 9.90 Å². The number of carbonyl (C=O) groups is 1. The summed E-state index contributed by atoms with van der Waals surface area (Å²) >= 11 is 6.09. The Hall–Kier alpha value is -2.52. The van der Waals surface area contributed by atoms with Crippen LogP contribution in [-0.2, 0) is 11.2 Å². The van der Waals surface area contributed by atoms with Crippen molar-refractivity contribution >= 4 is 17.5 Å². The zero-order valence-corrected chi connectivity index (χ0v) is 25.2. The van der Waals surface area contributed by atoms with Crippen LogP contribution in [0.4, 0.5) is 0 Å². The van der Waals surface area contributed by atoms with Gasteiger partial charge in [-0.2, -0.15) is 0 Å². The Morgan fingerprint density at radius 2 is 1.80 bits per heavy atom. The summed E-state index contributed by atoms with van der Waals surface area (Å²) in [6, 6.07) is 11.6. The van der Waals surface area contributed by atoms with Gasteiger partial charge >= 0.3 is 0 Å². The van der Waals surface area contributed by atoms with Crippen molar-refractivity contribution in [2.75, 3.05) is 60.6 Å². The molecular weight excluding hydrogens is 530 g/mol. The molecule has 0 saturated carbocycles. The van der Waals surface area contributed by atoms with Crippen LogP contribution in [0.1, 0.15) is 56.3 Å². The highest BCUT2D eigenvalue weighted by Crippen LogP contribution is 2.32. The normalized spacial score (nSPS) is 19.1. The fourth-order valence-electron chi connectivity index (χ4n) is 4.76. The minimum absolute atomic E-state index is 0.127. The molecule has 0 spiro atoms. The summed E-state index contributed by atoms with van der Waals surface area (Å²) in [5.74, 6) is 1.74. The van der Waals surface area contributed by atoms with Crippen molar-refractivity contribution in [3.8, 4) is 17.2 Å². The first-order valence-corrected chi connectivity index (χ1v) is 14.7. The van der Waals surface area contributed by atoms with Crippen molar-refractivity contribution in [3.63, 3.8) is 0 Å². The Bertz CT molecular complexity index is 1060. The maximum absolute atomic E-state index is 12.1. The highest BCUT2D eigenvalue weighted by Gasteiger charge is 2.16. The molecule has 222 valence electrons. The third-order valence-electron chi connectivity index (χ3n) is 7.52. The van der Waals surface area contributed by atoms with Gasteiger partial charge in [-0.05, 0) is 108 Å². The molecule has 2 atom stereocenters. The number of amides is 1. The molecule has 5 rings (SSSR count). The number of methoxy groups -OCH3 is 1. The first kappa shape index (κ1) is 32.0. The number of aryl methyl sites for hydroxylation is 1. The number of likely N-dealkylation sites (tertiary alicyclic amines) is 2. The van der Waals surface area contributed by atoms with Crippen molar-refractivity contribution in [2.24, 2.45) is 0 Å². The van der Waals surface area contributed by atoms with Crippen LogP contribution >= 0.6 is 11.6 Å². The predicted molar refractivity (Wildman–Crippen MR) is 160 cm³/mol. The average molecular weight is 576 g/mol. The molecule has 2 unspecified atom stereocenters. The number of hydrogen-bond acceptors (Lipinski definition) is 7. The SMILES string of the molecule is CC1CCCN1C.CN1CCCC1.COc1ccc(CCC(=O)NCC(O)c2ccc3c(c2)OCCO3)cc1Cl. The summed E-state index contributed by atoms with van der Waals surface area (Å²) in [7, 11) is 5.92. The van der Waals surface area contributed by atoms with Gasteiger partial charge in [0, 0.05) is 19.0 Å². The molecular formula is C31H46ClN3O5. The number of fused-ring (bicyclic) bond motifs is 1. The zero-order chi connectivity index (χ0) is 28.9. The number of aliphatic hydroxyl groups is 1. The summed E-state index contributed by atoms with van der Waals surface area (Å²) in [6.45, 7) is 7.36. The van der Waals surface area contributed by atoms with Gasteiger partial charge in [0.2, 0.25) is 5.91 Å². The van der Waals surface area contributed by atoms with Gasteiger partial charge in [0.15, 0.2) is 11.5 Å².